The van der Waals surface area contributed by atoms with E-state index in [0.717, 1.165) is 52.3 Å². The van der Waals surface area contributed by atoms with E-state index < -0.39 is 5.41 Å². The van der Waals surface area contributed by atoms with Gasteiger partial charge in [-0.15, -0.1) is 0 Å². The third-order valence-electron chi connectivity index (χ3n) is 15.4. The summed E-state index contributed by atoms with van der Waals surface area (Å²) in [6, 6.07) is 77.9. The summed E-state index contributed by atoms with van der Waals surface area (Å²) in [5.41, 5.74) is 23.6. The van der Waals surface area contributed by atoms with E-state index in [0.29, 0.717) is 11.5 Å². The van der Waals surface area contributed by atoms with Crippen molar-refractivity contribution in [1.29, 1.82) is 0 Å². The van der Waals surface area contributed by atoms with Crippen LogP contribution in [0.25, 0.3) is 39.1 Å². The molecule has 0 atom stereocenters. The molecule has 69 heavy (non-hydrogen) atoms. The molecule has 3 aliphatic rings. The van der Waals surface area contributed by atoms with Gasteiger partial charge in [-0.2, -0.15) is 0 Å². The van der Waals surface area contributed by atoms with Crippen molar-refractivity contribution in [3.8, 4) is 33.4 Å². The number of nitrogens with zero attached hydrogens (tertiary/aromatic N) is 3. The molecule has 9 aromatic rings. The number of anilines is 3. The molecule has 0 radical (unpaired) electrons. The SMILES string of the molecule is C=C(N=C(N=C(C)c1ccccc1)c1ccc2c(c1)C1(c3cc(-c4cccc(C)c4)ccc3-2)c2ccccc2N(c2ccccc2)c2ccccc21)c1ccc2c(c1)C(CC)(CC)c1ccccc1-2. The van der Waals surface area contributed by atoms with E-state index in [1.807, 2.05) is 6.07 Å². The number of aliphatic imine (C=N–C) groups is 2. The standard InChI is InChI=1S/C66H53N3/c1-6-65(7-2)56-28-15-14-27-52(56)53-36-33-47(40-59(53)65)45(5)68-64(67-44(4)46-22-10-8-11-23-46)50-35-38-55-54-37-34-49(48-24-20-21-43(3)39-48)41-60(54)66(61(55)42-50)57-29-16-18-31-62(57)69(51-25-12-9-13-26-51)63-32-19-17-30-58(63)66/h8-42H,5-7H2,1-4H3. The smallest absolute Gasteiger partial charge is 0.160 e. The molecular formula is C66H53N3. The van der Waals surface area contributed by atoms with Crippen molar-refractivity contribution in [3.63, 3.8) is 0 Å². The van der Waals surface area contributed by atoms with Crippen LogP contribution >= 0.6 is 0 Å². The highest BCUT2D eigenvalue weighted by Gasteiger charge is 2.52. The predicted molar refractivity (Wildman–Crippen MR) is 290 cm³/mol. The van der Waals surface area contributed by atoms with E-state index in [1.54, 1.807) is 0 Å². The van der Waals surface area contributed by atoms with Crippen LogP contribution in [0.15, 0.2) is 229 Å². The Balaban J connectivity index is 1.09. The number of benzene rings is 9. The second kappa shape index (κ2) is 16.6. The van der Waals surface area contributed by atoms with Crippen LogP contribution in [-0.4, -0.2) is 11.5 Å². The van der Waals surface area contributed by atoms with Gasteiger partial charge in [0.15, 0.2) is 5.84 Å². The van der Waals surface area contributed by atoms with Crippen molar-refractivity contribution >= 4 is 34.3 Å². The molecule has 0 fully saturated rings. The van der Waals surface area contributed by atoms with Crippen molar-refractivity contribution in [3.05, 3.63) is 275 Å². The van der Waals surface area contributed by atoms with Crippen LogP contribution in [0.2, 0.25) is 0 Å². The summed E-state index contributed by atoms with van der Waals surface area (Å²) in [5.74, 6) is 0.625. The lowest BCUT2D eigenvalue weighted by atomic mass is 9.64. The van der Waals surface area contributed by atoms with Crippen molar-refractivity contribution in [1.82, 2.24) is 0 Å². The Labute approximate surface area is 406 Å². The summed E-state index contributed by atoms with van der Waals surface area (Å²) in [6.45, 7) is 13.6. The molecule has 0 saturated heterocycles. The van der Waals surface area contributed by atoms with Crippen LogP contribution < -0.4 is 4.90 Å². The topological polar surface area (TPSA) is 28.0 Å². The molecule has 0 bridgehead atoms. The van der Waals surface area contributed by atoms with Gasteiger partial charge >= 0.3 is 0 Å². The van der Waals surface area contributed by atoms with Gasteiger partial charge in [0.25, 0.3) is 0 Å². The maximum atomic E-state index is 5.49. The van der Waals surface area contributed by atoms with Crippen molar-refractivity contribution in [2.75, 3.05) is 4.90 Å². The molecule has 2 aliphatic carbocycles. The van der Waals surface area contributed by atoms with Crippen LogP contribution in [0.3, 0.4) is 0 Å². The number of fused-ring (bicyclic) bond motifs is 12. The summed E-state index contributed by atoms with van der Waals surface area (Å²) in [7, 11) is 0. The predicted octanol–water partition coefficient (Wildman–Crippen LogP) is 16.8. The number of rotatable bonds is 8. The lowest BCUT2D eigenvalue weighted by Crippen LogP contribution is -2.36. The van der Waals surface area contributed by atoms with Crippen LogP contribution in [-0.2, 0) is 10.8 Å². The molecule has 0 unspecified atom stereocenters. The lowest BCUT2D eigenvalue weighted by Gasteiger charge is -2.45. The highest BCUT2D eigenvalue weighted by molar-refractivity contribution is 6.13. The van der Waals surface area contributed by atoms with Crippen LogP contribution in [0.1, 0.15) is 89.2 Å². The summed E-state index contributed by atoms with van der Waals surface area (Å²) in [6.07, 6.45) is 2.03. The number of aryl methyl sites for hydroxylation is 1. The summed E-state index contributed by atoms with van der Waals surface area (Å²) in [5, 5.41) is 0. The maximum Gasteiger partial charge on any atom is 0.160 e. The first-order valence-electron chi connectivity index (χ1n) is 24.4. The molecule has 12 rings (SSSR count). The Kier molecular flexibility index (Phi) is 10.1. The molecular weight excluding hydrogens is 835 g/mol. The zero-order valence-electron chi connectivity index (χ0n) is 39.7. The molecule has 0 aromatic heterocycles. The summed E-state index contributed by atoms with van der Waals surface area (Å²) in [4.78, 5) is 13.4. The van der Waals surface area contributed by atoms with Gasteiger partial charge in [-0.1, -0.05) is 196 Å². The quantitative estimate of drug-likeness (QED) is 0.110. The van der Waals surface area contributed by atoms with Gasteiger partial charge in [-0.25, -0.2) is 9.98 Å². The first kappa shape index (κ1) is 42.2. The third kappa shape index (κ3) is 6.48. The third-order valence-corrected chi connectivity index (χ3v) is 15.4. The second-order valence-corrected chi connectivity index (χ2v) is 18.9. The molecule has 9 aromatic carbocycles. The number of hydrogen-bond acceptors (Lipinski definition) is 2. The minimum Gasteiger partial charge on any atom is -0.310 e. The van der Waals surface area contributed by atoms with E-state index in [9.17, 15) is 0 Å². The van der Waals surface area contributed by atoms with Gasteiger partial charge < -0.3 is 4.90 Å². The molecule has 0 amide bonds. The van der Waals surface area contributed by atoms with Crippen LogP contribution in [0.5, 0.6) is 0 Å². The first-order chi connectivity index (χ1) is 33.8. The first-order valence-corrected chi connectivity index (χ1v) is 24.4. The Morgan fingerprint density at radius 1 is 0.449 bits per heavy atom. The largest absolute Gasteiger partial charge is 0.310 e. The zero-order chi connectivity index (χ0) is 46.9. The van der Waals surface area contributed by atoms with Gasteiger partial charge in [-0.3, -0.25) is 0 Å². The van der Waals surface area contributed by atoms with Crippen molar-refractivity contribution in [2.24, 2.45) is 9.98 Å². The van der Waals surface area contributed by atoms with E-state index >= 15 is 0 Å². The number of para-hydroxylation sites is 3. The van der Waals surface area contributed by atoms with Gasteiger partial charge in [0.2, 0.25) is 0 Å². The molecule has 332 valence electrons. The molecule has 3 heteroatoms. The fourth-order valence-corrected chi connectivity index (χ4v) is 12.0. The number of amidine groups is 1. The van der Waals surface area contributed by atoms with Crippen LogP contribution in [0, 0.1) is 6.92 Å². The highest BCUT2D eigenvalue weighted by Crippen LogP contribution is 2.64. The van der Waals surface area contributed by atoms with E-state index in [2.05, 4.69) is 239 Å². The van der Waals surface area contributed by atoms with E-state index in [1.165, 1.54) is 72.3 Å². The molecule has 0 N–H and O–H groups in total. The van der Waals surface area contributed by atoms with Gasteiger partial charge in [0.05, 0.1) is 22.5 Å². The number of hydrogen-bond donors (Lipinski definition) is 0. The molecule has 1 heterocycles. The fraction of sp³-hybridized carbons (Fsp3) is 0.121. The fourth-order valence-electron chi connectivity index (χ4n) is 12.0. The Bertz CT molecular complexity index is 3520. The Hall–Kier alpha value is -8.14. The highest BCUT2D eigenvalue weighted by atomic mass is 15.2. The van der Waals surface area contributed by atoms with Crippen molar-refractivity contribution in [2.45, 2.75) is 51.4 Å². The van der Waals surface area contributed by atoms with E-state index in [-0.39, 0.29) is 5.41 Å². The Morgan fingerprint density at radius 3 is 1.67 bits per heavy atom. The van der Waals surface area contributed by atoms with E-state index in [4.69, 9.17) is 16.6 Å². The zero-order valence-corrected chi connectivity index (χ0v) is 39.7. The average Bonchev–Trinajstić information content (AvgIpc) is 3.85. The Morgan fingerprint density at radius 2 is 0.986 bits per heavy atom. The molecule has 1 spiro atoms. The lowest BCUT2D eigenvalue weighted by molar-refractivity contribution is 0.490. The van der Waals surface area contributed by atoms with Gasteiger partial charge in [0, 0.05) is 22.4 Å². The molecule has 0 saturated carbocycles. The minimum absolute atomic E-state index is 0.0675. The molecule has 3 nitrogen and oxygen atoms in total. The van der Waals surface area contributed by atoms with Gasteiger partial charge in [-0.05, 0) is 147 Å². The van der Waals surface area contributed by atoms with Crippen LogP contribution in [0.4, 0.5) is 17.1 Å². The monoisotopic (exact) mass is 887 g/mol. The maximum absolute atomic E-state index is 5.49. The average molecular weight is 888 g/mol. The van der Waals surface area contributed by atoms with Crippen molar-refractivity contribution < 1.29 is 0 Å². The molecule has 1 aliphatic heterocycles. The minimum atomic E-state index is -0.683. The second-order valence-electron chi connectivity index (χ2n) is 18.9. The summed E-state index contributed by atoms with van der Waals surface area (Å²) >= 11 is 0. The normalized spacial score (nSPS) is 14.6. The summed E-state index contributed by atoms with van der Waals surface area (Å²) < 4.78 is 0. The van der Waals surface area contributed by atoms with Gasteiger partial charge in [0.1, 0.15) is 0 Å².